The lowest BCUT2D eigenvalue weighted by molar-refractivity contribution is 0.914. The van der Waals surface area contributed by atoms with Gasteiger partial charge in [-0.05, 0) is 17.7 Å². The lowest BCUT2D eigenvalue weighted by Gasteiger charge is -2.05. The van der Waals surface area contributed by atoms with Crippen LogP contribution in [-0.4, -0.2) is 0 Å². The van der Waals surface area contributed by atoms with Gasteiger partial charge in [-0.15, -0.1) is 13.0 Å². The zero-order valence-electron chi connectivity index (χ0n) is 6.83. The Morgan fingerprint density at radius 2 is 2.33 bits per heavy atom. The SMILES string of the molecule is C#Cc1cccc(C(N)C=C)c1. The number of benzene rings is 1. The van der Waals surface area contributed by atoms with E-state index in [-0.39, 0.29) is 6.04 Å². The average molecular weight is 157 g/mol. The predicted molar refractivity (Wildman–Crippen MR) is 51.5 cm³/mol. The summed E-state index contributed by atoms with van der Waals surface area (Å²) >= 11 is 0. The van der Waals surface area contributed by atoms with Crippen molar-refractivity contribution in [3.05, 3.63) is 48.0 Å². The minimum Gasteiger partial charge on any atom is -0.321 e. The first-order chi connectivity index (χ1) is 5.77. The van der Waals surface area contributed by atoms with Gasteiger partial charge >= 0.3 is 0 Å². The summed E-state index contributed by atoms with van der Waals surface area (Å²) in [5.74, 6) is 2.56. The van der Waals surface area contributed by atoms with Crippen molar-refractivity contribution in [1.82, 2.24) is 0 Å². The molecule has 1 heteroatoms. The van der Waals surface area contributed by atoms with E-state index in [1.807, 2.05) is 24.3 Å². The second kappa shape index (κ2) is 3.75. The average Bonchev–Trinajstić information content (AvgIpc) is 2.17. The molecule has 1 aromatic rings. The van der Waals surface area contributed by atoms with Crippen LogP contribution in [0.1, 0.15) is 17.2 Å². The molecule has 0 spiro atoms. The van der Waals surface area contributed by atoms with Gasteiger partial charge in [-0.3, -0.25) is 0 Å². The van der Waals surface area contributed by atoms with Crippen molar-refractivity contribution in [2.75, 3.05) is 0 Å². The Balaban J connectivity index is 3.03. The van der Waals surface area contributed by atoms with Crippen molar-refractivity contribution in [3.63, 3.8) is 0 Å². The van der Waals surface area contributed by atoms with Gasteiger partial charge in [0.1, 0.15) is 0 Å². The summed E-state index contributed by atoms with van der Waals surface area (Å²) in [4.78, 5) is 0. The maximum Gasteiger partial charge on any atom is 0.0478 e. The van der Waals surface area contributed by atoms with Crippen LogP contribution in [0.4, 0.5) is 0 Å². The van der Waals surface area contributed by atoms with Gasteiger partial charge in [-0.25, -0.2) is 0 Å². The van der Waals surface area contributed by atoms with Crippen molar-refractivity contribution in [3.8, 4) is 12.3 Å². The number of hydrogen-bond acceptors (Lipinski definition) is 1. The van der Waals surface area contributed by atoms with E-state index in [0.717, 1.165) is 11.1 Å². The minimum atomic E-state index is -0.127. The van der Waals surface area contributed by atoms with E-state index in [1.54, 1.807) is 6.08 Å². The monoisotopic (exact) mass is 157 g/mol. The van der Waals surface area contributed by atoms with Crippen LogP contribution in [0.25, 0.3) is 0 Å². The Labute approximate surface area is 72.9 Å². The highest BCUT2D eigenvalue weighted by Crippen LogP contribution is 2.12. The zero-order valence-corrected chi connectivity index (χ0v) is 6.83. The molecule has 60 valence electrons. The zero-order chi connectivity index (χ0) is 8.97. The Kier molecular flexibility index (Phi) is 2.68. The van der Waals surface area contributed by atoms with E-state index in [2.05, 4.69) is 12.5 Å². The lowest BCUT2D eigenvalue weighted by Crippen LogP contribution is -2.06. The molecule has 1 unspecified atom stereocenters. The molecule has 0 bridgehead atoms. The molecule has 2 N–H and O–H groups in total. The first-order valence-corrected chi connectivity index (χ1v) is 3.72. The van der Waals surface area contributed by atoms with Crippen LogP contribution in [0.5, 0.6) is 0 Å². The van der Waals surface area contributed by atoms with Crippen molar-refractivity contribution in [2.45, 2.75) is 6.04 Å². The maximum atomic E-state index is 5.73. The second-order valence-electron chi connectivity index (χ2n) is 2.53. The van der Waals surface area contributed by atoms with E-state index in [9.17, 15) is 0 Å². The number of hydrogen-bond donors (Lipinski definition) is 1. The molecule has 12 heavy (non-hydrogen) atoms. The molecule has 1 nitrogen and oxygen atoms in total. The third-order valence-electron chi connectivity index (χ3n) is 1.69. The van der Waals surface area contributed by atoms with E-state index in [0.29, 0.717) is 0 Å². The Morgan fingerprint density at radius 3 is 2.92 bits per heavy atom. The summed E-state index contributed by atoms with van der Waals surface area (Å²) < 4.78 is 0. The highest BCUT2D eigenvalue weighted by atomic mass is 14.6. The van der Waals surface area contributed by atoms with Gasteiger partial charge in [-0.2, -0.15) is 0 Å². The fourth-order valence-corrected chi connectivity index (χ4v) is 0.972. The molecule has 0 saturated carbocycles. The molecule has 1 rings (SSSR count). The van der Waals surface area contributed by atoms with Crippen molar-refractivity contribution < 1.29 is 0 Å². The van der Waals surface area contributed by atoms with Crippen LogP contribution < -0.4 is 5.73 Å². The van der Waals surface area contributed by atoms with Crippen molar-refractivity contribution in [2.24, 2.45) is 5.73 Å². The predicted octanol–water partition coefficient (Wildman–Crippen LogP) is 1.85. The summed E-state index contributed by atoms with van der Waals surface area (Å²) in [6.07, 6.45) is 6.93. The molecule has 1 aromatic carbocycles. The van der Waals surface area contributed by atoms with E-state index >= 15 is 0 Å². The third kappa shape index (κ3) is 1.75. The first-order valence-electron chi connectivity index (χ1n) is 3.72. The fraction of sp³-hybridized carbons (Fsp3) is 0.0909. The van der Waals surface area contributed by atoms with Crippen LogP contribution >= 0.6 is 0 Å². The van der Waals surface area contributed by atoms with Crippen LogP contribution in [0.2, 0.25) is 0 Å². The van der Waals surface area contributed by atoms with E-state index in [4.69, 9.17) is 12.2 Å². The van der Waals surface area contributed by atoms with Crippen LogP contribution in [-0.2, 0) is 0 Å². The van der Waals surface area contributed by atoms with Gasteiger partial charge in [0.15, 0.2) is 0 Å². The Morgan fingerprint density at radius 1 is 1.58 bits per heavy atom. The first kappa shape index (κ1) is 8.58. The molecule has 0 aromatic heterocycles. The molecule has 0 aliphatic carbocycles. The lowest BCUT2D eigenvalue weighted by atomic mass is 10.1. The van der Waals surface area contributed by atoms with Crippen LogP contribution in [0, 0.1) is 12.3 Å². The standard InChI is InChI=1S/C11H11N/c1-3-9-6-5-7-10(8-9)11(12)4-2/h1,4-8,11H,2,12H2. The highest BCUT2D eigenvalue weighted by Gasteiger charge is 1.99. The number of rotatable bonds is 2. The van der Waals surface area contributed by atoms with E-state index < -0.39 is 0 Å². The molecule has 0 radical (unpaired) electrons. The van der Waals surface area contributed by atoms with Gasteiger partial charge in [0.05, 0.1) is 0 Å². The largest absolute Gasteiger partial charge is 0.321 e. The summed E-state index contributed by atoms with van der Waals surface area (Å²) in [5, 5.41) is 0. The normalized spacial score (nSPS) is 11.7. The number of nitrogens with two attached hydrogens (primary N) is 1. The van der Waals surface area contributed by atoms with Gasteiger partial charge in [0.25, 0.3) is 0 Å². The molecular formula is C11H11N. The summed E-state index contributed by atoms with van der Waals surface area (Å²) in [7, 11) is 0. The highest BCUT2D eigenvalue weighted by molar-refractivity contribution is 5.37. The Hall–Kier alpha value is -1.52. The van der Waals surface area contributed by atoms with Crippen molar-refractivity contribution in [1.29, 1.82) is 0 Å². The molecule has 0 fully saturated rings. The molecule has 0 aliphatic heterocycles. The summed E-state index contributed by atoms with van der Waals surface area (Å²) in [6.45, 7) is 3.62. The third-order valence-corrected chi connectivity index (χ3v) is 1.69. The van der Waals surface area contributed by atoms with Gasteiger partial charge in [0.2, 0.25) is 0 Å². The summed E-state index contributed by atoms with van der Waals surface area (Å²) in [6, 6.07) is 7.48. The van der Waals surface area contributed by atoms with E-state index in [1.165, 1.54) is 0 Å². The van der Waals surface area contributed by atoms with Crippen LogP contribution in [0.15, 0.2) is 36.9 Å². The molecular weight excluding hydrogens is 146 g/mol. The molecule has 1 atom stereocenters. The topological polar surface area (TPSA) is 26.0 Å². The maximum absolute atomic E-state index is 5.73. The number of terminal acetylenes is 1. The Bertz CT molecular complexity index is 320. The molecule has 0 aliphatic rings. The second-order valence-corrected chi connectivity index (χ2v) is 2.53. The van der Waals surface area contributed by atoms with Crippen LogP contribution in [0.3, 0.4) is 0 Å². The van der Waals surface area contributed by atoms with Gasteiger partial charge in [-0.1, -0.05) is 24.1 Å². The van der Waals surface area contributed by atoms with Gasteiger partial charge in [0, 0.05) is 11.6 Å². The fourth-order valence-electron chi connectivity index (χ4n) is 0.972. The minimum absolute atomic E-state index is 0.127. The van der Waals surface area contributed by atoms with Gasteiger partial charge < -0.3 is 5.73 Å². The molecule has 0 amide bonds. The summed E-state index contributed by atoms with van der Waals surface area (Å²) in [5.41, 5.74) is 7.58. The molecule has 0 heterocycles. The van der Waals surface area contributed by atoms with Crippen molar-refractivity contribution >= 4 is 0 Å². The quantitative estimate of drug-likeness (QED) is 0.514. The smallest absolute Gasteiger partial charge is 0.0478 e. The molecule has 0 saturated heterocycles.